The number of hydrogen-bond acceptors (Lipinski definition) is 2. The summed E-state index contributed by atoms with van der Waals surface area (Å²) in [6.07, 6.45) is 0. The number of nitrogens with one attached hydrogen (secondary N) is 1. The van der Waals surface area contributed by atoms with Gasteiger partial charge in [0.1, 0.15) is 5.75 Å². The van der Waals surface area contributed by atoms with Crippen LogP contribution in [0, 0.1) is 0 Å². The highest BCUT2D eigenvalue weighted by atomic mass is 16.3. The molecule has 0 aliphatic rings. The lowest BCUT2D eigenvalue weighted by Crippen LogP contribution is -2.15. The molecule has 2 nitrogen and oxygen atoms in total. The van der Waals surface area contributed by atoms with E-state index >= 15 is 0 Å². The van der Waals surface area contributed by atoms with E-state index in [1.165, 1.54) is 0 Å². The molecule has 0 saturated heterocycles. The van der Waals surface area contributed by atoms with Crippen molar-refractivity contribution in [3.8, 4) is 5.75 Å². The van der Waals surface area contributed by atoms with E-state index in [0.29, 0.717) is 5.75 Å². The first-order valence-electron chi connectivity index (χ1n) is 4.30. The quantitative estimate of drug-likeness (QED) is 0.743. The minimum atomic E-state index is 0.234. The van der Waals surface area contributed by atoms with Crippen molar-refractivity contribution in [2.24, 2.45) is 0 Å². The molecule has 1 atom stereocenters. The Morgan fingerprint density at radius 2 is 1.92 bits per heavy atom. The summed E-state index contributed by atoms with van der Waals surface area (Å²) in [5.41, 5.74) is 2.08. The maximum atomic E-state index is 9.08. The van der Waals surface area contributed by atoms with Crippen LogP contribution in [-0.2, 0) is 0 Å². The fourth-order valence-electron chi connectivity index (χ4n) is 1.22. The van der Waals surface area contributed by atoms with Crippen LogP contribution in [0.4, 0.5) is 0 Å². The molecule has 1 aromatic carbocycles. The number of aromatic hydroxyl groups is 1. The van der Waals surface area contributed by atoms with Crippen LogP contribution in [-0.4, -0.2) is 5.11 Å². The Bertz CT molecular complexity index is 289. The molecule has 0 aliphatic carbocycles. The summed E-state index contributed by atoms with van der Waals surface area (Å²) in [7, 11) is 0. The van der Waals surface area contributed by atoms with Gasteiger partial charge in [-0.05, 0) is 31.5 Å². The molecule has 70 valence electrons. The molecule has 1 aromatic rings. The zero-order valence-electron chi connectivity index (χ0n) is 8.04. The van der Waals surface area contributed by atoms with Crippen LogP contribution in [0.3, 0.4) is 0 Å². The van der Waals surface area contributed by atoms with E-state index in [0.717, 1.165) is 11.3 Å². The number of benzene rings is 1. The lowest BCUT2D eigenvalue weighted by molar-refractivity contribution is 0.474. The predicted octanol–water partition coefficient (Wildman–Crippen LogP) is 2.58. The first-order chi connectivity index (χ1) is 6.09. The molecular weight excluding hydrogens is 162 g/mol. The fraction of sp³-hybridized carbons (Fsp3) is 0.273. The number of phenols is 1. The number of hydrogen-bond donors (Lipinski definition) is 2. The third kappa shape index (κ3) is 2.82. The fourth-order valence-corrected chi connectivity index (χ4v) is 1.22. The van der Waals surface area contributed by atoms with Crippen molar-refractivity contribution in [1.82, 2.24) is 5.32 Å². The zero-order chi connectivity index (χ0) is 9.84. The van der Waals surface area contributed by atoms with Gasteiger partial charge < -0.3 is 10.4 Å². The van der Waals surface area contributed by atoms with Gasteiger partial charge >= 0.3 is 0 Å². The second kappa shape index (κ2) is 3.99. The lowest BCUT2D eigenvalue weighted by atomic mass is 10.1. The molecule has 0 heterocycles. The highest BCUT2D eigenvalue weighted by Gasteiger charge is 2.03. The van der Waals surface area contributed by atoms with Gasteiger partial charge in [-0.2, -0.15) is 0 Å². The molecule has 2 heteroatoms. The Morgan fingerprint density at radius 3 is 2.38 bits per heavy atom. The van der Waals surface area contributed by atoms with Crippen LogP contribution in [0.25, 0.3) is 0 Å². The monoisotopic (exact) mass is 177 g/mol. The van der Waals surface area contributed by atoms with Gasteiger partial charge in [0.25, 0.3) is 0 Å². The highest BCUT2D eigenvalue weighted by Crippen LogP contribution is 2.16. The smallest absolute Gasteiger partial charge is 0.115 e. The lowest BCUT2D eigenvalue weighted by Gasteiger charge is -2.14. The SMILES string of the molecule is C=C(C)N[C@@H](C)c1ccc(O)cc1. The van der Waals surface area contributed by atoms with E-state index in [1.807, 2.05) is 19.1 Å². The summed E-state index contributed by atoms with van der Waals surface area (Å²) in [4.78, 5) is 0. The van der Waals surface area contributed by atoms with Crippen LogP contribution in [0.15, 0.2) is 36.5 Å². The molecular formula is C11H15NO. The predicted molar refractivity (Wildman–Crippen MR) is 54.5 cm³/mol. The van der Waals surface area contributed by atoms with Crippen molar-refractivity contribution in [3.63, 3.8) is 0 Å². The third-order valence-corrected chi connectivity index (χ3v) is 1.86. The van der Waals surface area contributed by atoms with Gasteiger partial charge in [0.15, 0.2) is 0 Å². The summed E-state index contributed by atoms with van der Waals surface area (Å²) in [6.45, 7) is 7.76. The summed E-state index contributed by atoms with van der Waals surface area (Å²) in [5, 5.41) is 12.3. The molecule has 0 spiro atoms. The van der Waals surface area contributed by atoms with Crippen LogP contribution >= 0.6 is 0 Å². The Kier molecular flexibility index (Phi) is 2.96. The maximum Gasteiger partial charge on any atom is 0.115 e. The highest BCUT2D eigenvalue weighted by molar-refractivity contribution is 5.28. The summed E-state index contributed by atoms with van der Waals surface area (Å²) >= 11 is 0. The number of allylic oxidation sites excluding steroid dienone is 1. The Hall–Kier alpha value is -1.44. The van der Waals surface area contributed by atoms with Gasteiger partial charge in [0.2, 0.25) is 0 Å². The van der Waals surface area contributed by atoms with E-state index in [1.54, 1.807) is 12.1 Å². The van der Waals surface area contributed by atoms with Crippen molar-refractivity contribution in [2.45, 2.75) is 19.9 Å². The Balaban J connectivity index is 2.71. The second-order valence-corrected chi connectivity index (χ2v) is 3.24. The molecule has 0 radical (unpaired) electrons. The van der Waals surface area contributed by atoms with E-state index in [-0.39, 0.29) is 6.04 Å². The summed E-state index contributed by atoms with van der Waals surface area (Å²) < 4.78 is 0. The van der Waals surface area contributed by atoms with Crippen molar-refractivity contribution in [1.29, 1.82) is 0 Å². The molecule has 0 saturated carbocycles. The first kappa shape index (κ1) is 9.65. The topological polar surface area (TPSA) is 32.3 Å². The number of rotatable bonds is 3. The normalized spacial score (nSPS) is 12.2. The van der Waals surface area contributed by atoms with Gasteiger partial charge in [-0.1, -0.05) is 18.7 Å². The van der Waals surface area contributed by atoms with E-state index in [4.69, 9.17) is 5.11 Å². The second-order valence-electron chi connectivity index (χ2n) is 3.24. The minimum Gasteiger partial charge on any atom is -0.508 e. The largest absolute Gasteiger partial charge is 0.508 e. The molecule has 0 bridgehead atoms. The third-order valence-electron chi connectivity index (χ3n) is 1.86. The van der Waals surface area contributed by atoms with Crippen molar-refractivity contribution in [2.75, 3.05) is 0 Å². The average molecular weight is 177 g/mol. The molecule has 13 heavy (non-hydrogen) atoms. The van der Waals surface area contributed by atoms with Gasteiger partial charge in [-0.15, -0.1) is 0 Å². The van der Waals surface area contributed by atoms with Gasteiger partial charge in [0, 0.05) is 11.7 Å². The molecule has 0 fully saturated rings. The first-order valence-corrected chi connectivity index (χ1v) is 4.30. The zero-order valence-corrected chi connectivity index (χ0v) is 8.04. The Labute approximate surface area is 78.9 Å². The molecule has 0 aromatic heterocycles. The van der Waals surface area contributed by atoms with Crippen molar-refractivity contribution < 1.29 is 5.11 Å². The van der Waals surface area contributed by atoms with Gasteiger partial charge in [-0.3, -0.25) is 0 Å². The van der Waals surface area contributed by atoms with Crippen LogP contribution in [0.1, 0.15) is 25.5 Å². The van der Waals surface area contributed by atoms with Crippen molar-refractivity contribution in [3.05, 3.63) is 42.1 Å². The molecule has 0 unspecified atom stereocenters. The average Bonchev–Trinajstić information content (AvgIpc) is 2.04. The van der Waals surface area contributed by atoms with E-state index < -0.39 is 0 Å². The van der Waals surface area contributed by atoms with Crippen molar-refractivity contribution >= 4 is 0 Å². The molecule has 2 N–H and O–H groups in total. The Morgan fingerprint density at radius 1 is 1.38 bits per heavy atom. The minimum absolute atomic E-state index is 0.234. The van der Waals surface area contributed by atoms with Crippen LogP contribution in [0.5, 0.6) is 5.75 Å². The molecule has 0 aliphatic heterocycles. The van der Waals surface area contributed by atoms with E-state index in [2.05, 4.69) is 18.8 Å². The summed E-state index contributed by atoms with van der Waals surface area (Å²) in [5.74, 6) is 0.297. The van der Waals surface area contributed by atoms with E-state index in [9.17, 15) is 0 Å². The van der Waals surface area contributed by atoms with Gasteiger partial charge in [-0.25, -0.2) is 0 Å². The molecule has 1 rings (SSSR count). The number of phenolic OH excluding ortho intramolecular Hbond substituents is 1. The standard InChI is InChI=1S/C11H15NO/c1-8(2)12-9(3)10-4-6-11(13)7-5-10/h4-7,9,12-13H,1H2,2-3H3/t9-/m0/s1. The van der Waals surface area contributed by atoms with Gasteiger partial charge in [0.05, 0.1) is 0 Å². The maximum absolute atomic E-state index is 9.08. The van der Waals surface area contributed by atoms with Crippen LogP contribution in [0.2, 0.25) is 0 Å². The summed E-state index contributed by atoms with van der Waals surface area (Å²) in [6, 6.07) is 7.40. The van der Waals surface area contributed by atoms with Crippen LogP contribution < -0.4 is 5.32 Å². The molecule has 0 amide bonds.